The molecule has 2 fully saturated rings. The first-order chi connectivity index (χ1) is 9.30. The number of hydrogen-bond acceptors (Lipinski definition) is 3. The molecule has 2 heterocycles. The normalized spacial score (nSPS) is 29.5. The van der Waals surface area contributed by atoms with E-state index in [9.17, 15) is 9.59 Å². The first-order valence-electron chi connectivity index (χ1n) is 7.49. The molecule has 2 aliphatic heterocycles. The van der Waals surface area contributed by atoms with E-state index in [1.807, 2.05) is 44.4 Å². The van der Waals surface area contributed by atoms with Crippen LogP contribution in [0, 0.1) is 11.3 Å². The zero-order valence-corrected chi connectivity index (χ0v) is 13.8. The van der Waals surface area contributed by atoms with Crippen molar-refractivity contribution in [3.05, 3.63) is 0 Å². The highest BCUT2D eigenvalue weighted by atomic mass is 32.2. The summed E-state index contributed by atoms with van der Waals surface area (Å²) in [4.78, 5) is 26.7. The number of nitrogens with one attached hydrogen (secondary N) is 1. The third-order valence-electron chi connectivity index (χ3n) is 4.33. The summed E-state index contributed by atoms with van der Waals surface area (Å²) in [5.41, 5.74) is -0.243. The second-order valence-corrected chi connectivity index (χ2v) is 8.25. The smallest absolute Gasteiger partial charge is 0.246 e. The summed E-state index contributed by atoms with van der Waals surface area (Å²) < 4.78 is 0. The number of carbonyl (C=O) groups excluding carboxylic acids is 2. The molecule has 1 N–H and O–H groups in total. The Morgan fingerprint density at radius 3 is 2.40 bits per heavy atom. The van der Waals surface area contributed by atoms with E-state index in [2.05, 4.69) is 5.32 Å². The van der Waals surface area contributed by atoms with Crippen LogP contribution in [0.2, 0.25) is 0 Å². The van der Waals surface area contributed by atoms with Gasteiger partial charge in [-0.2, -0.15) is 11.8 Å². The highest BCUT2D eigenvalue weighted by Gasteiger charge is 2.43. The molecule has 2 aliphatic rings. The molecule has 20 heavy (non-hydrogen) atoms. The van der Waals surface area contributed by atoms with Crippen molar-refractivity contribution in [3.8, 4) is 0 Å². The van der Waals surface area contributed by atoms with Crippen LogP contribution in [0.15, 0.2) is 0 Å². The standard InChI is InChI=1S/C15H26N2O2S/c1-10-13(18)16-12(15(2,3)4)14(19)17(10)9-11-5-7-20-8-6-11/h10-12H,5-9H2,1-4H3,(H,16,18). The SMILES string of the molecule is CC1C(=O)NC(C(C)(C)C)C(=O)N1CC1CCSCC1. The van der Waals surface area contributed by atoms with Gasteiger partial charge in [0, 0.05) is 6.54 Å². The minimum atomic E-state index is -0.399. The first-order valence-corrected chi connectivity index (χ1v) is 8.65. The van der Waals surface area contributed by atoms with Gasteiger partial charge in [-0.25, -0.2) is 0 Å². The summed E-state index contributed by atoms with van der Waals surface area (Å²) in [5, 5.41) is 2.89. The van der Waals surface area contributed by atoms with Crippen molar-refractivity contribution < 1.29 is 9.59 Å². The Balaban J connectivity index is 2.11. The van der Waals surface area contributed by atoms with Crippen LogP contribution >= 0.6 is 11.8 Å². The second kappa shape index (κ2) is 5.96. The Labute approximate surface area is 126 Å². The summed E-state index contributed by atoms with van der Waals surface area (Å²) in [5.74, 6) is 2.97. The highest BCUT2D eigenvalue weighted by Crippen LogP contribution is 2.28. The molecule has 0 aliphatic carbocycles. The predicted octanol–water partition coefficient (Wildman–Crippen LogP) is 1.89. The number of piperazine rings is 1. The second-order valence-electron chi connectivity index (χ2n) is 7.03. The molecular formula is C15H26N2O2S. The van der Waals surface area contributed by atoms with Crippen molar-refractivity contribution in [2.45, 2.75) is 52.6 Å². The average Bonchev–Trinajstić information content (AvgIpc) is 2.39. The van der Waals surface area contributed by atoms with Crippen LogP contribution in [-0.2, 0) is 9.59 Å². The first kappa shape index (κ1) is 15.7. The molecule has 2 rings (SSSR count). The Bertz CT molecular complexity index is 386. The monoisotopic (exact) mass is 298 g/mol. The van der Waals surface area contributed by atoms with Crippen LogP contribution in [0.3, 0.4) is 0 Å². The van der Waals surface area contributed by atoms with Crippen molar-refractivity contribution in [1.29, 1.82) is 0 Å². The number of rotatable bonds is 2. The van der Waals surface area contributed by atoms with E-state index in [1.165, 1.54) is 11.5 Å². The number of thioether (sulfide) groups is 1. The van der Waals surface area contributed by atoms with Crippen molar-refractivity contribution >= 4 is 23.6 Å². The van der Waals surface area contributed by atoms with Gasteiger partial charge in [-0.15, -0.1) is 0 Å². The van der Waals surface area contributed by atoms with Crippen LogP contribution in [-0.4, -0.2) is 46.8 Å². The lowest BCUT2D eigenvalue weighted by Gasteiger charge is -2.43. The molecule has 5 heteroatoms. The molecule has 4 nitrogen and oxygen atoms in total. The number of amides is 2. The zero-order chi connectivity index (χ0) is 14.9. The largest absolute Gasteiger partial charge is 0.342 e. The molecule has 0 radical (unpaired) electrons. The molecule has 0 aromatic rings. The van der Waals surface area contributed by atoms with Gasteiger partial charge < -0.3 is 10.2 Å². The fourth-order valence-electron chi connectivity index (χ4n) is 2.86. The third kappa shape index (κ3) is 3.30. The van der Waals surface area contributed by atoms with E-state index in [1.54, 1.807) is 0 Å². The molecule has 0 bridgehead atoms. The van der Waals surface area contributed by atoms with Crippen LogP contribution in [0.1, 0.15) is 40.5 Å². The van der Waals surface area contributed by atoms with Gasteiger partial charge in [-0.3, -0.25) is 9.59 Å². The lowest BCUT2D eigenvalue weighted by molar-refractivity contribution is -0.152. The van der Waals surface area contributed by atoms with Gasteiger partial charge in [-0.05, 0) is 42.6 Å². The summed E-state index contributed by atoms with van der Waals surface area (Å²) >= 11 is 1.98. The van der Waals surface area contributed by atoms with Gasteiger partial charge in [0.15, 0.2) is 0 Å². The molecule has 2 atom stereocenters. The fourth-order valence-corrected chi connectivity index (χ4v) is 4.07. The van der Waals surface area contributed by atoms with Gasteiger partial charge in [0.05, 0.1) is 0 Å². The lowest BCUT2D eigenvalue weighted by Crippen LogP contribution is -2.66. The molecule has 0 aromatic heterocycles. The van der Waals surface area contributed by atoms with Crippen molar-refractivity contribution in [3.63, 3.8) is 0 Å². The summed E-state index contributed by atoms with van der Waals surface area (Å²) in [7, 11) is 0. The molecule has 2 amide bonds. The Morgan fingerprint density at radius 2 is 1.85 bits per heavy atom. The minimum absolute atomic E-state index is 0.0188. The molecule has 0 saturated carbocycles. The van der Waals surface area contributed by atoms with Gasteiger partial charge in [0.2, 0.25) is 11.8 Å². The van der Waals surface area contributed by atoms with Crippen LogP contribution in [0.5, 0.6) is 0 Å². The Morgan fingerprint density at radius 1 is 1.25 bits per heavy atom. The maximum Gasteiger partial charge on any atom is 0.246 e. The predicted molar refractivity (Wildman–Crippen MR) is 82.6 cm³/mol. The highest BCUT2D eigenvalue weighted by molar-refractivity contribution is 7.99. The minimum Gasteiger partial charge on any atom is -0.342 e. The van der Waals surface area contributed by atoms with Gasteiger partial charge in [-0.1, -0.05) is 20.8 Å². The fraction of sp³-hybridized carbons (Fsp3) is 0.867. The molecule has 0 aromatic carbocycles. The number of carbonyl (C=O) groups is 2. The van der Waals surface area contributed by atoms with Gasteiger partial charge in [0.1, 0.15) is 12.1 Å². The quantitative estimate of drug-likeness (QED) is 0.847. The molecular weight excluding hydrogens is 272 g/mol. The molecule has 0 spiro atoms. The summed E-state index contributed by atoms with van der Waals surface area (Å²) in [6.45, 7) is 8.58. The third-order valence-corrected chi connectivity index (χ3v) is 5.37. The number of hydrogen-bond donors (Lipinski definition) is 1. The van der Waals surface area contributed by atoms with Gasteiger partial charge in [0.25, 0.3) is 0 Å². The van der Waals surface area contributed by atoms with E-state index < -0.39 is 6.04 Å². The van der Waals surface area contributed by atoms with E-state index >= 15 is 0 Å². The molecule has 2 saturated heterocycles. The zero-order valence-electron chi connectivity index (χ0n) is 12.9. The summed E-state index contributed by atoms with van der Waals surface area (Å²) in [6.07, 6.45) is 2.31. The topological polar surface area (TPSA) is 49.4 Å². The van der Waals surface area contributed by atoms with Crippen LogP contribution in [0.4, 0.5) is 0 Å². The van der Waals surface area contributed by atoms with Crippen LogP contribution in [0.25, 0.3) is 0 Å². The maximum atomic E-state index is 12.7. The van der Waals surface area contributed by atoms with Crippen molar-refractivity contribution in [1.82, 2.24) is 10.2 Å². The maximum absolute atomic E-state index is 12.7. The van der Waals surface area contributed by atoms with E-state index in [0.29, 0.717) is 5.92 Å². The molecule has 114 valence electrons. The van der Waals surface area contributed by atoms with Gasteiger partial charge >= 0.3 is 0 Å². The van der Waals surface area contributed by atoms with Crippen molar-refractivity contribution in [2.24, 2.45) is 11.3 Å². The van der Waals surface area contributed by atoms with Crippen LogP contribution < -0.4 is 5.32 Å². The van der Waals surface area contributed by atoms with E-state index in [0.717, 1.165) is 19.4 Å². The number of nitrogens with zero attached hydrogens (tertiary/aromatic N) is 1. The van der Waals surface area contributed by atoms with Crippen molar-refractivity contribution in [2.75, 3.05) is 18.1 Å². The Hall–Kier alpha value is -0.710. The summed E-state index contributed by atoms with van der Waals surface area (Å²) in [6, 6.07) is -0.736. The average molecular weight is 298 g/mol. The Kier molecular flexibility index (Phi) is 4.67. The van der Waals surface area contributed by atoms with E-state index in [-0.39, 0.29) is 23.3 Å². The lowest BCUT2D eigenvalue weighted by atomic mass is 9.83. The molecule has 2 unspecified atom stereocenters. The van der Waals surface area contributed by atoms with E-state index in [4.69, 9.17) is 0 Å².